The number of amides is 2. The summed E-state index contributed by atoms with van der Waals surface area (Å²) >= 11 is 0. The van der Waals surface area contributed by atoms with Gasteiger partial charge in [-0.05, 0) is 12.1 Å². The molecule has 0 radical (unpaired) electrons. The normalized spacial score (nSPS) is 21.7. The summed E-state index contributed by atoms with van der Waals surface area (Å²) in [5.41, 5.74) is 0.0440. The van der Waals surface area contributed by atoms with Gasteiger partial charge in [-0.15, -0.1) is 0 Å². The summed E-state index contributed by atoms with van der Waals surface area (Å²) in [6, 6.07) is 7.65. The fourth-order valence-electron chi connectivity index (χ4n) is 3.16. The molecule has 0 aromatic heterocycles. The number of hydrogen-bond donors (Lipinski definition) is 1. The van der Waals surface area contributed by atoms with Crippen LogP contribution in [0.4, 0.5) is 0 Å². The average Bonchev–Trinajstić information content (AvgIpc) is 2.71. The lowest BCUT2D eigenvalue weighted by molar-refractivity contribution is -0.140. The van der Waals surface area contributed by atoms with E-state index in [1.807, 2.05) is 20.8 Å². The van der Waals surface area contributed by atoms with E-state index in [0.717, 1.165) is 0 Å². The first-order valence-corrected chi connectivity index (χ1v) is 7.50. The predicted octanol–water partition coefficient (Wildman–Crippen LogP) is 1.82. The average molecular weight is 318 g/mol. The first kappa shape index (κ1) is 17.0. The van der Waals surface area contributed by atoms with Crippen LogP contribution in [0.2, 0.25) is 0 Å². The van der Waals surface area contributed by atoms with Crippen LogP contribution in [-0.2, 0) is 9.59 Å². The standard InChI is InChI=1S/C17H22N2O4/c1-17(2,3)16-18(4)15(23)12(10-13(20)21)19(16)14(22)11-8-6-5-7-9-11/h5-9,12,16H,10H2,1-4H3,(H,20,21). The van der Waals surface area contributed by atoms with Crippen molar-refractivity contribution >= 4 is 17.8 Å². The van der Waals surface area contributed by atoms with Crippen LogP contribution < -0.4 is 0 Å². The van der Waals surface area contributed by atoms with E-state index >= 15 is 0 Å². The zero-order valence-electron chi connectivity index (χ0n) is 13.8. The van der Waals surface area contributed by atoms with Gasteiger partial charge in [-0.2, -0.15) is 0 Å². The van der Waals surface area contributed by atoms with Gasteiger partial charge >= 0.3 is 5.97 Å². The van der Waals surface area contributed by atoms with Gasteiger partial charge in [0.05, 0.1) is 6.42 Å². The third kappa shape index (κ3) is 3.21. The zero-order chi connectivity index (χ0) is 17.4. The molecule has 1 heterocycles. The first-order valence-electron chi connectivity index (χ1n) is 7.50. The van der Waals surface area contributed by atoms with Crippen molar-refractivity contribution in [2.45, 2.75) is 39.4 Å². The van der Waals surface area contributed by atoms with Crippen molar-refractivity contribution in [1.29, 1.82) is 0 Å². The zero-order valence-corrected chi connectivity index (χ0v) is 13.8. The Morgan fingerprint density at radius 1 is 1.17 bits per heavy atom. The Hall–Kier alpha value is -2.37. The summed E-state index contributed by atoms with van der Waals surface area (Å²) in [7, 11) is 1.62. The number of carboxylic acids is 1. The minimum Gasteiger partial charge on any atom is -0.481 e. The van der Waals surface area contributed by atoms with E-state index in [-0.39, 0.29) is 11.8 Å². The van der Waals surface area contributed by atoms with Gasteiger partial charge in [0, 0.05) is 18.0 Å². The lowest BCUT2D eigenvalue weighted by Crippen LogP contribution is -2.51. The van der Waals surface area contributed by atoms with Crippen LogP contribution in [0, 0.1) is 5.41 Å². The highest BCUT2D eigenvalue weighted by Gasteiger charge is 2.51. The van der Waals surface area contributed by atoms with Gasteiger partial charge in [0.25, 0.3) is 5.91 Å². The van der Waals surface area contributed by atoms with Crippen molar-refractivity contribution in [1.82, 2.24) is 9.80 Å². The van der Waals surface area contributed by atoms with E-state index in [0.29, 0.717) is 5.56 Å². The Balaban J connectivity index is 2.48. The molecule has 2 unspecified atom stereocenters. The molecule has 6 heteroatoms. The van der Waals surface area contributed by atoms with Crippen LogP contribution in [-0.4, -0.2) is 51.9 Å². The topological polar surface area (TPSA) is 77.9 Å². The highest BCUT2D eigenvalue weighted by Crippen LogP contribution is 2.35. The van der Waals surface area contributed by atoms with Gasteiger partial charge < -0.3 is 14.9 Å². The van der Waals surface area contributed by atoms with Gasteiger partial charge in [0.15, 0.2) is 0 Å². The molecule has 23 heavy (non-hydrogen) atoms. The summed E-state index contributed by atoms with van der Waals surface area (Å²) in [6.07, 6.45) is -0.888. The highest BCUT2D eigenvalue weighted by molar-refractivity contribution is 6.00. The molecule has 6 nitrogen and oxygen atoms in total. The van der Waals surface area contributed by atoms with Crippen molar-refractivity contribution in [2.24, 2.45) is 5.41 Å². The molecule has 1 N–H and O–H groups in total. The lowest BCUT2D eigenvalue weighted by Gasteiger charge is -2.38. The lowest BCUT2D eigenvalue weighted by atomic mass is 9.90. The number of carbonyl (C=O) groups excluding carboxylic acids is 2. The molecule has 124 valence electrons. The van der Waals surface area contributed by atoms with Crippen LogP contribution in [0.3, 0.4) is 0 Å². The SMILES string of the molecule is CN1C(=O)C(CC(=O)O)N(C(=O)c2ccccc2)C1C(C)(C)C. The Kier molecular flexibility index (Phi) is 4.45. The molecular formula is C17H22N2O4. The second-order valence-electron chi connectivity index (χ2n) is 6.88. The van der Waals surface area contributed by atoms with Crippen molar-refractivity contribution < 1.29 is 19.5 Å². The molecule has 1 aliphatic heterocycles. The number of benzene rings is 1. The summed E-state index contributed by atoms with van der Waals surface area (Å²) in [5.74, 6) is -1.76. The number of carbonyl (C=O) groups is 3. The van der Waals surface area contributed by atoms with Crippen LogP contribution in [0.5, 0.6) is 0 Å². The van der Waals surface area contributed by atoms with Gasteiger partial charge in [-0.25, -0.2) is 0 Å². The number of nitrogens with zero attached hydrogens (tertiary/aromatic N) is 2. The maximum atomic E-state index is 12.9. The smallest absolute Gasteiger partial charge is 0.305 e. The van der Waals surface area contributed by atoms with E-state index in [9.17, 15) is 14.4 Å². The van der Waals surface area contributed by atoms with E-state index in [2.05, 4.69) is 0 Å². The minimum atomic E-state index is -1.10. The molecule has 1 aromatic rings. The van der Waals surface area contributed by atoms with Crippen molar-refractivity contribution in [3.63, 3.8) is 0 Å². The number of hydrogen-bond acceptors (Lipinski definition) is 3. The maximum Gasteiger partial charge on any atom is 0.305 e. The van der Waals surface area contributed by atoms with Crippen LogP contribution >= 0.6 is 0 Å². The van der Waals surface area contributed by atoms with Crippen molar-refractivity contribution in [3.05, 3.63) is 35.9 Å². The highest BCUT2D eigenvalue weighted by atomic mass is 16.4. The largest absolute Gasteiger partial charge is 0.481 e. The third-order valence-corrected chi connectivity index (χ3v) is 4.00. The Labute approximate surface area is 135 Å². The molecule has 2 amide bonds. The van der Waals surface area contributed by atoms with Gasteiger partial charge in [-0.3, -0.25) is 14.4 Å². The molecule has 2 rings (SSSR count). The van der Waals surface area contributed by atoms with Crippen LogP contribution in [0.25, 0.3) is 0 Å². The van der Waals surface area contributed by atoms with Crippen molar-refractivity contribution in [2.75, 3.05) is 7.05 Å². The number of aliphatic carboxylic acids is 1. The first-order chi connectivity index (χ1) is 10.6. The predicted molar refractivity (Wildman–Crippen MR) is 84.7 cm³/mol. The molecule has 1 fully saturated rings. The van der Waals surface area contributed by atoms with Crippen LogP contribution in [0.15, 0.2) is 30.3 Å². The van der Waals surface area contributed by atoms with Crippen molar-refractivity contribution in [3.8, 4) is 0 Å². The molecule has 0 saturated carbocycles. The molecular weight excluding hydrogens is 296 g/mol. The molecule has 0 aliphatic carbocycles. The summed E-state index contributed by atoms with van der Waals surface area (Å²) in [4.78, 5) is 39.5. The number of likely N-dealkylation sites (N-methyl/N-ethyl adjacent to an activating group) is 1. The maximum absolute atomic E-state index is 12.9. The summed E-state index contributed by atoms with van der Waals surface area (Å²) in [5, 5.41) is 9.13. The number of carboxylic acid groups (broad SMARTS) is 1. The van der Waals surface area contributed by atoms with E-state index in [4.69, 9.17) is 5.11 Å². The molecule has 0 bridgehead atoms. The molecule has 1 aromatic carbocycles. The minimum absolute atomic E-state index is 0.325. The van der Waals surface area contributed by atoms with Gasteiger partial charge in [0.2, 0.25) is 5.91 Å². The molecule has 0 spiro atoms. The van der Waals surface area contributed by atoms with Gasteiger partial charge in [0.1, 0.15) is 12.2 Å². The second kappa shape index (κ2) is 6.02. The fraction of sp³-hybridized carbons (Fsp3) is 0.471. The molecule has 2 atom stereocenters. The molecule has 1 saturated heterocycles. The Bertz CT molecular complexity index is 621. The Morgan fingerprint density at radius 3 is 2.22 bits per heavy atom. The quantitative estimate of drug-likeness (QED) is 0.922. The summed E-state index contributed by atoms with van der Waals surface area (Å²) < 4.78 is 0. The second-order valence-corrected chi connectivity index (χ2v) is 6.88. The third-order valence-electron chi connectivity index (χ3n) is 4.00. The fourth-order valence-corrected chi connectivity index (χ4v) is 3.16. The van der Waals surface area contributed by atoms with Gasteiger partial charge in [-0.1, -0.05) is 39.0 Å². The Morgan fingerprint density at radius 2 is 1.74 bits per heavy atom. The molecule has 1 aliphatic rings. The summed E-state index contributed by atoms with van der Waals surface area (Å²) in [6.45, 7) is 5.78. The van der Waals surface area contributed by atoms with Crippen LogP contribution in [0.1, 0.15) is 37.6 Å². The number of rotatable bonds is 3. The van der Waals surface area contributed by atoms with E-state index in [1.54, 1.807) is 37.4 Å². The van der Waals surface area contributed by atoms with E-state index < -0.39 is 30.0 Å². The van der Waals surface area contributed by atoms with E-state index in [1.165, 1.54) is 9.80 Å². The monoisotopic (exact) mass is 318 g/mol.